The quantitative estimate of drug-likeness (QED) is 0.217. The number of carbonyl (C=O) groups excluding carboxylic acids is 3. The van der Waals surface area contributed by atoms with E-state index in [1.54, 1.807) is 0 Å². The van der Waals surface area contributed by atoms with Crippen molar-refractivity contribution in [3.8, 4) is 0 Å². The zero-order valence-corrected chi connectivity index (χ0v) is 17.1. The van der Waals surface area contributed by atoms with Crippen molar-refractivity contribution in [1.29, 1.82) is 0 Å². The van der Waals surface area contributed by atoms with E-state index in [0.29, 0.717) is 37.9 Å². The molecule has 148 valence electrons. The number of thiol groups is 1. The molecule has 0 heterocycles. The Balaban J connectivity index is 2.38. The molecule has 1 aliphatic rings. The van der Waals surface area contributed by atoms with Gasteiger partial charge in [-0.15, -0.1) is 0 Å². The van der Waals surface area contributed by atoms with Crippen molar-refractivity contribution in [2.24, 2.45) is 11.8 Å². The fourth-order valence-electron chi connectivity index (χ4n) is 3.57. The van der Waals surface area contributed by atoms with Crippen LogP contribution < -0.4 is 0 Å². The fraction of sp³-hybridized carbons (Fsp3) is 0.762. The molecule has 1 aliphatic carbocycles. The maximum Gasteiger partial charge on any atom is 0.305 e. The Morgan fingerprint density at radius 2 is 1.92 bits per heavy atom. The lowest BCUT2D eigenvalue weighted by atomic mass is 9.87. The number of esters is 1. The van der Waals surface area contributed by atoms with Gasteiger partial charge in [-0.1, -0.05) is 31.9 Å². The molecule has 0 amide bonds. The second-order valence-corrected chi connectivity index (χ2v) is 7.88. The minimum Gasteiger partial charge on any atom is -0.469 e. The van der Waals surface area contributed by atoms with Gasteiger partial charge in [0.1, 0.15) is 11.6 Å². The largest absolute Gasteiger partial charge is 0.469 e. The van der Waals surface area contributed by atoms with Gasteiger partial charge in [-0.3, -0.25) is 14.4 Å². The lowest BCUT2D eigenvalue weighted by Gasteiger charge is -2.20. The molecule has 0 aromatic carbocycles. The predicted molar refractivity (Wildman–Crippen MR) is 107 cm³/mol. The number of ketones is 2. The summed E-state index contributed by atoms with van der Waals surface area (Å²) in [6.45, 7) is 2.13. The number of ether oxygens (including phenoxy) is 1. The molecule has 0 spiro atoms. The van der Waals surface area contributed by atoms with Gasteiger partial charge in [0.05, 0.1) is 7.11 Å². The highest BCUT2D eigenvalue weighted by atomic mass is 32.1. The van der Waals surface area contributed by atoms with Crippen molar-refractivity contribution in [3.05, 3.63) is 12.2 Å². The Bertz CT molecular complexity index is 486. The molecule has 0 N–H and O–H groups in total. The third-order valence-electron chi connectivity index (χ3n) is 5.19. The molecule has 4 nitrogen and oxygen atoms in total. The monoisotopic (exact) mass is 382 g/mol. The van der Waals surface area contributed by atoms with E-state index < -0.39 is 0 Å². The highest BCUT2D eigenvalue weighted by molar-refractivity contribution is 7.81. The molecule has 0 bridgehead atoms. The molecular weight excluding hydrogens is 348 g/mol. The van der Waals surface area contributed by atoms with Crippen LogP contribution in [0.5, 0.6) is 0 Å². The number of hydrogen-bond donors (Lipinski definition) is 1. The molecular formula is C21H34O4S. The highest BCUT2D eigenvalue weighted by Crippen LogP contribution is 2.38. The van der Waals surface area contributed by atoms with Gasteiger partial charge in [0, 0.05) is 36.9 Å². The molecule has 3 atom stereocenters. The zero-order valence-electron chi connectivity index (χ0n) is 16.2. The third-order valence-corrected chi connectivity index (χ3v) is 5.75. The summed E-state index contributed by atoms with van der Waals surface area (Å²) in [5, 5.41) is 0.0728. The summed E-state index contributed by atoms with van der Waals surface area (Å²) in [6, 6.07) is 0. The number of unbranched alkanes of at least 4 members (excludes halogenated alkanes) is 3. The first-order chi connectivity index (χ1) is 12.5. The van der Waals surface area contributed by atoms with Crippen molar-refractivity contribution in [2.75, 3.05) is 7.11 Å². The van der Waals surface area contributed by atoms with E-state index in [1.165, 1.54) is 7.11 Å². The standard InChI is InChI=1S/C21H34O4S/c1-3-4-7-10-16(22)13-14-18-17(19(23)15-20(18)26)11-8-5-6-9-12-21(24)25-2/h5,8,17-18,20,26H,3-4,6-7,9-15H2,1-2H3/b8-5-/t17-,18-,20?/m1/s1. The minimum atomic E-state index is -0.189. The molecule has 1 fully saturated rings. The topological polar surface area (TPSA) is 60.4 Å². The van der Waals surface area contributed by atoms with Gasteiger partial charge in [0.2, 0.25) is 0 Å². The van der Waals surface area contributed by atoms with Crippen LogP contribution in [0.2, 0.25) is 0 Å². The lowest BCUT2D eigenvalue weighted by Crippen LogP contribution is -2.19. The van der Waals surface area contributed by atoms with Crippen LogP contribution in [-0.2, 0) is 19.1 Å². The summed E-state index contributed by atoms with van der Waals surface area (Å²) < 4.78 is 4.61. The van der Waals surface area contributed by atoms with Gasteiger partial charge in [-0.05, 0) is 38.0 Å². The van der Waals surface area contributed by atoms with Crippen LogP contribution in [0.25, 0.3) is 0 Å². The van der Waals surface area contributed by atoms with Gasteiger partial charge in [0.25, 0.3) is 0 Å². The van der Waals surface area contributed by atoms with Crippen molar-refractivity contribution in [3.63, 3.8) is 0 Å². The summed E-state index contributed by atoms with van der Waals surface area (Å²) >= 11 is 4.60. The molecule has 0 saturated heterocycles. The van der Waals surface area contributed by atoms with Crippen LogP contribution in [0.4, 0.5) is 0 Å². The Hall–Kier alpha value is -1.10. The normalized spacial score (nSPS) is 22.9. The fourth-order valence-corrected chi connectivity index (χ4v) is 4.10. The Labute approximate surface area is 163 Å². The van der Waals surface area contributed by atoms with E-state index in [-0.39, 0.29) is 28.8 Å². The summed E-state index contributed by atoms with van der Waals surface area (Å²) in [5.74, 6) is 0.576. The third kappa shape index (κ3) is 8.52. The maximum atomic E-state index is 12.3. The van der Waals surface area contributed by atoms with Crippen molar-refractivity contribution in [2.45, 2.75) is 82.8 Å². The molecule has 0 aromatic heterocycles. The van der Waals surface area contributed by atoms with Crippen LogP contribution in [0, 0.1) is 11.8 Å². The van der Waals surface area contributed by atoms with Crippen molar-refractivity contribution >= 4 is 30.2 Å². The second-order valence-electron chi connectivity index (χ2n) is 7.22. The molecule has 5 heteroatoms. The summed E-state index contributed by atoms with van der Waals surface area (Å²) in [7, 11) is 1.40. The molecule has 1 unspecified atom stereocenters. The number of allylic oxidation sites excluding steroid dienone is 2. The van der Waals surface area contributed by atoms with Gasteiger partial charge in [-0.25, -0.2) is 0 Å². The minimum absolute atomic E-state index is 0.0159. The van der Waals surface area contributed by atoms with Crippen LogP contribution in [0.15, 0.2) is 12.2 Å². The Kier molecular flexibility index (Phi) is 11.6. The highest BCUT2D eigenvalue weighted by Gasteiger charge is 2.39. The average molecular weight is 383 g/mol. The Morgan fingerprint density at radius 1 is 1.15 bits per heavy atom. The van der Waals surface area contributed by atoms with Crippen LogP contribution in [-0.4, -0.2) is 29.9 Å². The van der Waals surface area contributed by atoms with Gasteiger partial charge >= 0.3 is 5.97 Å². The number of carbonyl (C=O) groups is 3. The van der Waals surface area contributed by atoms with Crippen molar-refractivity contribution in [1.82, 2.24) is 0 Å². The van der Waals surface area contributed by atoms with Crippen molar-refractivity contribution < 1.29 is 19.1 Å². The smallest absolute Gasteiger partial charge is 0.305 e. The summed E-state index contributed by atoms with van der Waals surface area (Å²) in [5.41, 5.74) is 0. The van der Waals surface area contributed by atoms with E-state index in [0.717, 1.165) is 38.5 Å². The first kappa shape index (κ1) is 22.9. The molecule has 1 rings (SSSR count). The van der Waals surface area contributed by atoms with E-state index in [9.17, 15) is 14.4 Å². The van der Waals surface area contributed by atoms with Gasteiger partial charge in [-0.2, -0.15) is 12.6 Å². The maximum absolute atomic E-state index is 12.3. The lowest BCUT2D eigenvalue weighted by molar-refractivity contribution is -0.140. The summed E-state index contributed by atoms with van der Waals surface area (Å²) in [4.78, 5) is 35.3. The first-order valence-electron chi connectivity index (χ1n) is 9.93. The van der Waals surface area contributed by atoms with Crippen LogP contribution in [0.3, 0.4) is 0 Å². The number of Topliss-reactive ketones (excluding diaryl/α,β-unsaturated/α-hetero) is 2. The van der Waals surface area contributed by atoms with E-state index in [1.807, 2.05) is 12.2 Å². The molecule has 0 aliphatic heterocycles. The predicted octanol–water partition coefficient (Wildman–Crippen LogP) is 4.71. The molecule has 26 heavy (non-hydrogen) atoms. The van der Waals surface area contributed by atoms with Crippen LogP contribution >= 0.6 is 12.6 Å². The van der Waals surface area contributed by atoms with Gasteiger partial charge < -0.3 is 4.74 Å². The van der Waals surface area contributed by atoms with E-state index >= 15 is 0 Å². The molecule has 0 radical (unpaired) electrons. The average Bonchev–Trinajstić information content (AvgIpc) is 2.89. The SMILES string of the molecule is CCCCCC(=O)CC[C@H]1C(S)CC(=O)[C@@H]1C/C=C\CCCC(=O)OC. The first-order valence-corrected chi connectivity index (χ1v) is 10.5. The second kappa shape index (κ2) is 13.1. The van der Waals surface area contributed by atoms with Crippen LogP contribution in [0.1, 0.15) is 77.6 Å². The summed E-state index contributed by atoms with van der Waals surface area (Å²) in [6.07, 6.45) is 12.5. The molecule has 0 aromatic rings. The molecule has 1 saturated carbocycles. The van der Waals surface area contributed by atoms with E-state index in [4.69, 9.17) is 0 Å². The number of hydrogen-bond acceptors (Lipinski definition) is 5. The Morgan fingerprint density at radius 3 is 2.62 bits per heavy atom. The van der Waals surface area contributed by atoms with Gasteiger partial charge in [0.15, 0.2) is 0 Å². The van der Waals surface area contributed by atoms with E-state index in [2.05, 4.69) is 24.3 Å². The number of methoxy groups -OCH3 is 1. The number of rotatable bonds is 13. The zero-order chi connectivity index (χ0) is 19.4.